The average molecular weight is 272 g/mol. The first kappa shape index (κ1) is 15.3. The van der Waals surface area contributed by atoms with E-state index in [-0.39, 0.29) is 11.8 Å². The fraction of sp³-hybridized carbons (Fsp3) is 0.750. The Labute approximate surface area is 112 Å². The van der Waals surface area contributed by atoms with Crippen LogP contribution in [0.3, 0.4) is 0 Å². The van der Waals surface area contributed by atoms with Gasteiger partial charge in [0.1, 0.15) is 5.60 Å². The highest BCUT2D eigenvalue weighted by Gasteiger charge is 2.43. The summed E-state index contributed by atoms with van der Waals surface area (Å²) in [5.74, 6) is -1.24. The summed E-state index contributed by atoms with van der Waals surface area (Å²) in [5, 5.41) is 0.991. The molecule has 0 aliphatic carbocycles. The van der Waals surface area contributed by atoms with Gasteiger partial charge in [-0.25, -0.2) is 20.0 Å². The van der Waals surface area contributed by atoms with Crippen molar-refractivity contribution in [2.45, 2.75) is 45.8 Å². The zero-order valence-electron chi connectivity index (χ0n) is 11.9. The van der Waals surface area contributed by atoms with Gasteiger partial charge in [-0.3, -0.25) is 4.79 Å². The van der Waals surface area contributed by atoms with Gasteiger partial charge >= 0.3 is 12.1 Å². The van der Waals surface area contributed by atoms with Crippen LogP contribution in [0, 0.1) is 5.92 Å². The fourth-order valence-corrected chi connectivity index (χ4v) is 1.80. The molecule has 0 spiro atoms. The second-order valence-electron chi connectivity index (χ2n) is 5.50. The second kappa shape index (κ2) is 5.46. The molecule has 1 rings (SSSR count). The van der Waals surface area contributed by atoms with E-state index >= 15 is 0 Å². The van der Waals surface area contributed by atoms with E-state index in [2.05, 4.69) is 10.2 Å². The van der Waals surface area contributed by atoms with Gasteiger partial charge < -0.3 is 9.47 Å². The van der Waals surface area contributed by atoms with Crippen LogP contribution < -0.4 is 5.43 Å². The molecule has 108 valence electrons. The van der Waals surface area contributed by atoms with Crippen molar-refractivity contribution >= 4 is 18.0 Å². The number of carbonyl (C=O) groups is 3. The van der Waals surface area contributed by atoms with Crippen LogP contribution in [0.5, 0.6) is 0 Å². The number of rotatable bonds is 2. The molecule has 2 atom stereocenters. The Balaban J connectivity index is 2.75. The van der Waals surface area contributed by atoms with Gasteiger partial charge in [0.2, 0.25) is 5.91 Å². The van der Waals surface area contributed by atoms with Crippen molar-refractivity contribution in [3.63, 3.8) is 0 Å². The molecule has 1 aliphatic rings. The van der Waals surface area contributed by atoms with Crippen molar-refractivity contribution < 1.29 is 23.9 Å². The van der Waals surface area contributed by atoms with E-state index in [0.29, 0.717) is 6.42 Å². The van der Waals surface area contributed by atoms with E-state index in [4.69, 9.17) is 4.74 Å². The third-order valence-corrected chi connectivity index (χ3v) is 2.63. The summed E-state index contributed by atoms with van der Waals surface area (Å²) in [7, 11) is 1.24. The molecule has 0 saturated carbocycles. The molecule has 1 N–H and O–H groups in total. The first-order valence-electron chi connectivity index (χ1n) is 6.06. The molecule has 1 fully saturated rings. The first-order valence-corrected chi connectivity index (χ1v) is 6.06. The Kier molecular flexibility index (Phi) is 4.39. The quantitative estimate of drug-likeness (QED) is 0.753. The molecule has 7 heteroatoms. The summed E-state index contributed by atoms with van der Waals surface area (Å²) in [5.41, 5.74) is 1.62. The Morgan fingerprint density at radius 1 is 1.37 bits per heavy atom. The van der Waals surface area contributed by atoms with Crippen LogP contribution >= 0.6 is 0 Å². The van der Waals surface area contributed by atoms with Gasteiger partial charge in [0.15, 0.2) is 6.04 Å². The number of esters is 1. The van der Waals surface area contributed by atoms with Crippen molar-refractivity contribution in [1.82, 2.24) is 10.4 Å². The maximum absolute atomic E-state index is 11.9. The highest BCUT2D eigenvalue weighted by atomic mass is 16.6. The molecule has 0 aromatic heterocycles. The van der Waals surface area contributed by atoms with Crippen molar-refractivity contribution in [1.29, 1.82) is 0 Å². The number of methoxy groups -OCH3 is 1. The number of nitrogens with one attached hydrogen (secondary N) is 1. The highest BCUT2D eigenvalue weighted by Crippen LogP contribution is 2.23. The van der Waals surface area contributed by atoms with Gasteiger partial charge in [-0.15, -0.1) is 0 Å². The van der Waals surface area contributed by atoms with E-state index in [0.717, 1.165) is 5.01 Å². The van der Waals surface area contributed by atoms with E-state index in [1.165, 1.54) is 7.11 Å². The summed E-state index contributed by atoms with van der Waals surface area (Å²) in [6.45, 7) is 6.81. The minimum absolute atomic E-state index is 0.307. The summed E-state index contributed by atoms with van der Waals surface area (Å²) in [6, 6.07) is -0.806. The lowest BCUT2D eigenvalue weighted by Crippen LogP contribution is -2.52. The lowest BCUT2D eigenvalue weighted by molar-refractivity contribution is -0.151. The monoisotopic (exact) mass is 272 g/mol. The summed E-state index contributed by atoms with van der Waals surface area (Å²) in [6.07, 6.45) is -0.467. The van der Waals surface area contributed by atoms with Crippen LogP contribution in [0.4, 0.5) is 4.79 Å². The van der Waals surface area contributed by atoms with Crippen molar-refractivity contribution in [2.24, 2.45) is 5.92 Å². The number of ether oxygens (including phenoxy) is 2. The van der Waals surface area contributed by atoms with Gasteiger partial charge in [0.25, 0.3) is 0 Å². The smallest absolute Gasteiger partial charge is 0.426 e. The van der Waals surface area contributed by atoms with E-state index in [1.54, 1.807) is 27.7 Å². The third kappa shape index (κ3) is 3.84. The normalized spacial score (nSPS) is 23.2. The lowest BCUT2D eigenvalue weighted by atomic mass is 10.1. The van der Waals surface area contributed by atoms with Crippen molar-refractivity contribution in [3.05, 3.63) is 0 Å². The van der Waals surface area contributed by atoms with Gasteiger partial charge in [-0.1, -0.05) is 6.92 Å². The second-order valence-corrected chi connectivity index (χ2v) is 5.50. The van der Waals surface area contributed by atoms with Crippen LogP contribution in [0.25, 0.3) is 0 Å². The van der Waals surface area contributed by atoms with Gasteiger partial charge in [-0.05, 0) is 27.2 Å². The summed E-state index contributed by atoms with van der Waals surface area (Å²) < 4.78 is 9.67. The molecule has 1 heterocycles. The molecule has 0 aromatic rings. The molecule has 2 amide bonds. The minimum Gasteiger partial charge on any atom is -0.467 e. The van der Waals surface area contributed by atoms with E-state index < -0.39 is 23.7 Å². The first-order chi connectivity index (χ1) is 8.65. The number of hydrogen-bond acceptors (Lipinski definition) is 5. The van der Waals surface area contributed by atoms with Crippen LogP contribution in [0.15, 0.2) is 0 Å². The molecule has 0 bridgehead atoms. The Bertz CT molecular complexity index is 388. The number of amides is 2. The van der Waals surface area contributed by atoms with Crippen molar-refractivity contribution in [3.8, 4) is 0 Å². The SMILES string of the molecule is COC(=O)[C@@H]1C[C@@H](C)C(=O)N1NC(=O)OC(C)(C)C. The van der Waals surface area contributed by atoms with Gasteiger partial charge in [0.05, 0.1) is 7.11 Å². The molecule has 0 radical (unpaired) electrons. The topological polar surface area (TPSA) is 84.9 Å². The Morgan fingerprint density at radius 3 is 2.42 bits per heavy atom. The van der Waals surface area contributed by atoms with Gasteiger partial charge in [0, 0.05) is 5.92 Å². The van der Waals surface area contributed by atoms with E-state index in [1.807, 2.05) is 0 Å². The average Bonchev–Trinajstić information content (AvgIpc) is 2.54. The maximum Gasteiger partial charge on any atom is 0.426 e. The summed E-state index contributed by atoms with van der Waals surface area (Å²) in [4.78, 5) is 35.1. The molecule has 0 aromatic carbocycles. The standard InChI is InChI=1S/C12H20N2O5/c1-7-6-8(10(16)18-5)14(9(7)15)13-11(17)19-12(2,3)4/h7-8H,6H2,1-5H3,(H,13,17)/t7-,8+/m1/s1. The third-order valence-electron chi connectivity index (χ3n) is 2.63. The number of hydrogen-bond donors (Lipinski definition) is 1. The predicted molar refractivity (Wildman–Crippen MR) is 65.8 cm³/mol. The zero-order chi connectivity index (χ0) is 14.8. The molecule has 0 unspecified atom stereocenters. The van der Waals surface area contributed by atoms with Crippen LogP contribution in [-0.4, -0.2) is 41.7 Å². The Hall–Kier alpha value is -1.79. The van der Waals surface area contributed by atoms with Crippen LogP contribution in [0.2, 0.25) is 0 Å². The maximum atomic E-state index is 11.9. The number of hydrazine groups is 1. The molecule has 19 heavy (non-hydrogen) atoms. The lowest BCUT2D eigenvalue weighted by Gasteiger charge is -2.26. The highest BCUT2D eigenvalue weighted by molar-refractivity contribution is 5.90. The minimum atomic E-state index is -0.806. The number of nitrogens with zero attached hydrogens (tertiary/aromatic N) is 1. The largest absolute Gasteiger partial charge is 0.467 e. The van der Waals surface area contributed by atoms with E-state index in [9.17, 15) is 14.4 Å². The molecule has 1 saturated heterocycles. The molecular weight excluding hydrogens is 252 g/mol. The van der Waals surface area contributed by atoms with Crippen LogP contribution in [-0.2, 0) is 19.1 Å². The number of carbonyl (C=O) groups excluding carboxylic acids is 3. The van der Waals surface area contributed by atoms with Crippen LogP contribution in [0.1, 0.15) is 34.1 Å². The molecule has 7 nitrogen and oxygen atoms in total. The Morgan fingerprint density at radius 2 is 1.95 bits per heavy atom. The fourth-order valence-electron chi connectivity index (χ4n) is 1.80. The molecule has 1 aliphatic heterocycles. The predicted octanol–water partition coefficient (Wildman–Crippen LogP) is 0.836. The van der Waals surface area contributed by atoms with Gasteiger partial charge in [-0.2, -0.15) is 0 Å². The molecular formula is C12H20N2O5. The summed E-state index contributed by atoms with van der Waals surface area (Å²) >= 11 is 0. The van der Waals surface area contributed by atoms with Crippen molar-refractivity contribution in [2.75, 3.05) is 7.11 Å². The zero-order valence-corrected chi connectivity index (χ0v) is 11.9.